The van der Waals surface area contributed by atoms with Crippen LogP contribution in [-0.2, 0) is 9.84 Å². The maximum absolute atomic E-state index is 11.4. The summed E-state index contributed by atoms with van der Waals surface area (Å²) in [4.78, 5) is 3.66. The van der Waals surface area contributed by atoms with Crippen LogP contribution in [0, 0.1) is 5.41 Å². The first-order valence-corrected chi connectivity index (χ1v) is 5.14. The quantitative estimate of drug-likeness (QED) is 0.520. The molecular weight excluding hydrogens is 190 g/mol. The molecule has 70 valence electrons. The minimum atomic E-state index is -3.52. The molecule has 0 aliphatic carbocycles. The minimum Gasteiger partial charge on any atom is -0.387 e. The second kappa shape index (κ2) is 3.53. The number of nitrogens with two attached hydrogens (primary N) is 1. The summed E-state index contributed by atoms with van der Waals surface area (Å²) >= 11 is 0. The molecule has 0 atom stereocenters. The van der Waals surface area contributed by atoms with Crippen molar-refractivity contribution in [2.75, 3.05) is 5.75 Å². The van der Waals surface area contributed by atoms with Gasteiger partial charge in [0.05, 0.1) is 0 Å². The van der Waals surface area contributed by atoms with Crippen molar-refractivity contribution in [1.29, 1.82) is 5.41 Å². The summed E-state index contributed by atoms with van der Waals surface area (Å²) in [6, 6.07) is 4.56. The first-order chi connectivity index (χ1) is 6.02. The highest BCUT2D eigenvalue weighted by Gasteiger charge is 2.16. The van der Waals surface area contributed by atoms with E-state index in [0.717, 1.165) is 0 Å². The number of sulfone groups is 1. The van der Waals surface area contributed by atoms with Crippen molar-refractivity contribution >= 4 is 15.7 Å². The van der Waals surface area contributed by atoms with Crippen LogP contribution >= 0.6 is 0 Å². The molecule has 0 unspecified atom stereocenters. The molecule has 0 aliphatic heterocycles. The zero-order valence-corrected chi connectivity index (χ0v) is 7.58. The van der Waals surface area contributed by atoms with Crippen LogP contribution in [0.4, 0.5) is 0 Å². The summed E-state index contributed by atoms with van der Waals surface area (Å²) in [5, 5.41) is 6.82. The van der Waals surface area contributed by atoms with Gasteiger partial charge in [-0.3, -0.25) is 5.41 Å². The van der Waals surface area contributed by atoms with E-state index >= 15 is 0 Å². The van der Waals surface area contributed by atoms with Gasteiger partial charge in [-0.25, -0.2) is 13.4 Å². The van der Waals surface area contributed by atoms with Crippen LogP contribution in [0.1, 0.15) is 0 Å². The Hall–Kier alpha value is -1.43. The molecule has 0 saturated heterocycles. The van der Waals surface area contributed by atoms with Crippen LogP contribution in [-0.4, -0.2) is 25.0 Å². The molecule has 0 amide bonds. The van der Waals surface area contributed by atoms with E-state index in [0.29, 0.717) is 0 Å². The second-order valence-electron chi connectivity index (χ2n) is 2.45. The number of rotatable bonds is 3. The molecule has 0 radical (unpaired) electrons. The lowest BCUT2D eigenvalue weighted by Crippen LogP contribution is -2.23. The Balaban J connectivity index is 3.02. The molecule has 1 heterocycles. The molecule has 0 bridgehead atoms. The average molecular weight is 199 g/mol. The second-order valence-corrected chi connectivity index (χ2v) is 4.39. The van der Waals surface area contributed by atoms with Crippen LogP contribution in [0.25, 0.3) is 0 Å². The number of pyridine rings is 1. The van der Waals surface area contributed by atoms with Gasteiger partial charge in [-0.1, -0.05) is 6.07 Å². The third kappa shape index (κ3) is 2.51. The van der Waals surface area contributed by atoms with Gasteiger partial charge in [-0.05, 0) is 12.1 Å². The Labute approximate surface area is 76.0 Å². The van der Waals surface area contributed by atoms with E-state index in [2.05, 4.69) is 4.98 Å². The molecule has 1 aromatic heterocycles. The summed E-state index contributed by atoms with van der Waals surface area (Å²) in [6.45, 7) is 0. The van der Waals surface area contributed by atoms with Crippen LogP contribution in [0.3, 0.4) is 0 Å². The van der Waals surface area contributed by atoms with Crippen molar-refractivity contribution < 1.29 is 8.42 Å². The minimum absolute atomic E-state index is 0.0507. The van der Waals surface area contributed by atoms with Gasteiger partial charge in [0.1, 0.15) is 11.6 Å². The zero-order chi connectivity index (χ0) is 9.90. The number of amidine groups is 1. The molecule has 3 N–H and O–H groups in total. The van der Waals surface area contributed by atoms with E-state index in [1.54, 1.807) is 12.1 Å². The molecule has 13 heavy (non-hydrogen) atoms. The van der Waals surface area contributed by atoms with Gasteiger partial charge in [0.2, 0.25) is 9.84 Å². The smallest absolute Gasteiger partial charge is 0.202 e. The number of nitrogens with one attached hydrogen (secondary N) is 1. The van der Waals surface area contributed by atoms with Crippen molar-refractivity contribution in [1.82, 2.24) is 4.98 Å². The SMILES string of the molecule is N=C(N)CS(=O)(=O)c1ccccn1. The molecule has 0 aliphatic rings. The van der Waals surface area contributed by atoms with Crippen molar-refractivity contribution in [2.24, 2.45) is 5.73 Å². The molecule has 1 aromatic rings. The summed E-state index contributed by atoms with van der Waals surface area (Å²) in [5.41, 5.74) is 4.99. The number of nitrogens with zero attached hydrogens (tertiary/aromatic N) is 1. The first kappa shape index (κ1) is 9.66. The zero-order valence-electron chi connectivity index (χ0n) is 6.77. The van der Waals surface area contributed by atoms with Gasteiger partial charge >= 0.3 is 0 Å². The van der Waals surface area contributed by atoms with Crippen LogP contribution in [0.5, 0.6) is 0 Å². The van der Waals surface area contributed by atoms with Gasteiger partial charge in [0.25, 0.3) is 0 Å². The molecular formula is C7H9N3O2S. The predicted molar refractivity (Wildman–Crippen MR) is 48.2 cm³/mol. The Morgan fingerprint density at radius 1 is 1.54 bits per heavy atom. The third-order valence-electron chi connectivity index (χ3n) is 1.30. The van der Waals surface area contributed by atoms with Crippen LogP contribution in [0.2, 0.25) is 0 Å². The van der Waals surface area contributed by atoms with Crippen molar-refractivity contribution in [3.05, 3.63) is 24.4 Å². The van der Waals surface area contributed by atoms with Crippen molar-refractivity contribution in [3.63, 3.8) is 0 Å². The first-order valence-electron chi connectivity index (χ1n) is 3.49. The monoisotopic (exact) mass is 199 g/mol. The van der Waals surface area contributed by atoms with E-state index in [4.69, 9.17) is 11.1 Å². The molecule has 1 rings (SSSR count). The Morgan fingerprint density at radius 3 is 2.69 bits per heavy atom. The standard InChI is InChI=1S/C7H9N3O2S/c8-6(9)5-13(11,12)7-3-1-2-4-10-7/h1-4H,5H2,(H3,8,9). The third-order valence-corrected chi connectivity index (χ3v) is 2.87. The fourth-order valence-corrected chi connectivity index (χ4v) is 1.87. The van der Waals surface area contributed by atoms with Crippen LogP contribution in [0.15, 0.2) is 29.4 Å². The summed E-state index contributed by atoms with van der Waals surface area (Å²) < 4.78 is 22.7. The van der Waals surface area contributed by atoms with Crippen molar-refractivity contribution in [3.8, 4) is 0 Å². The van der Waals surface area contributed by atoms with Gasteiger partial charge in [-0.15, -0.1) is 0 Å². The molecule has 0 saturated carbocycles. The van der Waals surface area contributed by atoms with Gasteiger partial charge < -0.3 is 5.73 Å². The number of hydrogen-bond acceptors (Lipinski definition) is 4. The Morgan fingerprint density at radius 2 is 2.23 bits per heavy atom. The van der Waals surface area contributed by atoms with Crippen LogP contribution < -0.4 is 5.73 Å². The molecule has 6 heteroatoms. The summed E-state index contributed by atoms with van der Waals surface area (Å²) in [7, 11) is -3.52. The molecule has 5 nitrogen and oxygen atoms in total. The Kier molecular flexibility index (Phi) is 2.62. The lowest BCUT2D eigenvalue weighted by atomic mass is 10.5. The van der Waals surface area contributed by atoms with E-state index in [1.807, 2.05) is 0 Å². The maximum atomic E-state index is 11.4. The number of hydrogen-bond donors (Lipinski definition) is 2. The van der Waals surface area contributed by atoms with E-state index < -0.39 is 15.6 Å². The topological polar surface area (TPSA) is 96.9 Å². The van der Waals surface area contributed by atoms with E-state index in [9.17, 15) is 8.42 Å². The summed E-state index contributed by atoms with van der Waals surface area (Å²) in [6.07, 6.45) is 1.38. The van der Waals surface area contributed by atoms with E-state index in [-0.39, 0.29) is 10.9 Å². The summed E-state index contributed by atoms with van der Waals surface area (Å²) in [5.74, 6) is -0.866. The largest absolute Gasteiger partial charge is 0.387 e. The molecule has 0 aromatic carbocycles. The highest BCUT2D eigenvalue weighted by Crippen LogP contribution is 2.05. The lowest BCUT2D eigenvalue weighted by molar-refractivity contribution is 0.596. The predicted octanol–water partition coefficient (Wildman–Crippen LogP) is -0.209. The fraction of sp³-hybridized carbons (Fsp3) is 0.143. The van der Waals surface area contributed by atoms with E-state index in [1.165, 1.54) is 12.3 Å². The lowest BCUT2D eigenvalue weighted by Gasteiger charge is -2.00. The molecule has 0 fully saturated rings. The Bertz CT molecular complexity index is 399. The van der Waals surface area contributed by atoms with Gasteiger partial charge in [0.15, 0.2) is 5.03 Å². The average Bonchev–Trinajstić information content (AvgIpc) is 2.04. The normalized spacial score (nSPS) is 11.1. The van der Waals surface area contributed by atoms with Crippen molar-refractivity contribution in [2.45, 2.75) is 5.03 Å². The highest BCUT2D eigenvalue weighted by atomic mass is 32.2. The van der Waals surface area contributed by atoms with Gasteiger partial charge in [-0.2, -0.15) is 0 Å². The van der Waals surface area contributed by atoms with Gasteiger partial charge in [0, 0.05) is 6.20 Å². The molecule has 0 spiro atoms. The number of aromatic nitrogens is 1. The fourth-order valence-electron chi connectivity index (χ4n) is 0.810. The maximum Gasteiger partial charge on any atom is 0.202 e. The highest BCUT2D eigenvalue weighted by molar-refractivity contribution is 7.92.